The van der Waals surface area contributed by atoms with E-state index in [1.165, 1.54) is 0 Å². The van der Waals surface area contributed by atoms with Gasteiger partial charge in [-0.2, -0.15) is 5.10 Å². The molecule has 0 saturated heterocycles. The van der Waals surface area contributed by atoms with Crippen molar-refractivity contribution in [3.8, 4) is 5.69 Å². The summed E-state index contributed by atoms with van der Waals surface area (Å²) in [7, 11) is 0. The van der Waals surface area contributed by atoms with E-state index in [4.69, 9.17) is 11.6 Å². The zero-order valence-corrected chi connectivity index (χ0v) is 14.1. The molecule has 3 rings (SSSR count). The maximum atomic E-state index is 12.2. The lowest BCUT2D eigenvalue weighted by Crippen LogP contribution is -2.15. The van der Waals surface area contributed by atoms with Crippen LogP contribution in [-0.2, 0) is 4.79 Å². The molecule has 0 spiro atoms. The van der Waals surface area contributed by atoms with Gasteiger partial charge in [0.2, 0.25) is 5.91 Å². The summed E-state index contributed by atoms with van der Waals surface area (Å²) in [6, 6.07) is 15.9. The number of hydrogen-bond donors (Lipinski definition) is 1. The normalized spacial score (nSPS) is 10.4. The number of carbonyl (C=O) groups is 2. The van der Waals surface area contributed by atoms with Gasteiger partial charge in [-0.1, -0.05) is 41.9 Å². The monoisotopic (exact) mass is 353 g/mol. The summed E-state index contributed by atoms with van der Waals surface area (Å²) in [5.41, 5.74) is 1.86. The van der Waals surface area contributed by atoms with E-state index in [9.17, 15) is 9.59 Å². The SMILES string of the molecule is O=C(CCC(=O)c1ccccc1)Nc1cc(Cl)ccc1-n1cccn1. The summed E-state index contributed by atoms with van der Waals surface area (Å²) in [6.45, 7) is 0. The molecule has 0 aliphatic rings. The zero-order valence-electron chi connectivity index (χ0n) is 13.4. The minimum atomic E-state index is -0.250. The molecule has 0 atom stereocenters. The van der Waals surface area contributed by atoms with Crippen molar-refractivity contribution in [2.45, 2.75) is 12.8 Å². The number of amides is 1. The molecule has 0 aliphatic heterocycles. The van der Waals surface area contributed by atoms with E-state index in [0.717, 1.165) is 0 Å². The molecule has 6 heteroatoms. The van der Waals surface area contributed by atoms with Crippen molar-refractivity contribution in [3.63, 3.8) is 0 Å². The van der Waals surface area contributed by atoms with E-state index in [1.807, 2.05) is 6.07 Å². The van der Waals surface area contributed by atoms with Gasteiger partial charge < -0.3 is 5.32 Å². The topological polar surface area (TPSA) is 64.0 Å². The predicted molar refractivity (Wildman–Crippen MR) is 97.2 cm³/mol. The van der Waals surface area contributed by atoms with Gasteiger partial charge >= 0.3 is 0 Å². The van der Waals surface area contributed by atoms with Gasteiger partial charge in [-0.05, 0) is 24.3 Å². The molecule has 3 aromatic rings. The molecule has 0 radical (unpaired) electrons. The van der Waals surface area contributed by atoms with Crippen LogP contribution in [-0.4, -0.2) is 21.5 Å². The van der Waals surface area contributed by atoms with Crippen molar-refractivity contribution in [1.29, 1.82) is 0 Å². The number of ketones is 1. The highest BCUT2D eigenvalue weighted by Gasteiger charge is 2.12. The summed E-state index contributed by atoms with van der Waals surface area (Å²) in [6.07, 6.45) is 3.67. The van der Waals surface area contributed by atoms with E-state index in [2.05, 4.69) is 10.4 Å². The third-order valence-corrected chi connectivity index (χ3v) is 3.89. The summed E-state index contributed by atoms with van der Waals surface area (Å²) in [5.74, 6) is -0.311. The maximum absolute atomic E-state index is 12.2. The van der Waals surface area contributed by atoms with E-state index in [-0.39, 0.29) is 24.5 Å². The average Bonchev–Trinajstić information content (AvgIpc) is 3.15. The minimum absolute atomic E-state index is 0.0610. The molecule has 126 valence electrons. The van der Waals surface area contributed by atoms with Crippen LogP contribution in [0.2, 0.25) is 5.02 Å². The Bertz CT molecular complexity index is 877. The highest BCUT2D eigenvalue weighted by molar-refractivity contribution is 6.31. The highest BCUT2D eigenvalue weighted by atomic mass is 35.5. The van der Waals surface area contributed by atoms with Gasteiger partial charge in [0, 0.05) is 35.8 Å². The van der Waals surface area contributed by atoms with Gasteiger partial charge in [0.1, 0.15) is 0 Å². The number of halogens is 1. The number of Topliss-reactive ketones (excluding diaryl/α,β-unsaturated/α-hetero) is 1. The molecule has 0 bridgehead atoms. The van der Waals surface area contributed by atoms with Crippen LogP contribution in [0.3, 0.4) is 0 Å². The molecule has 1 N–H and O–H groups in total. The first-order valence-electron chi connectivity index (χ1n) is 7.81. The van der Waals surface area contributed by atoms with Crippen LogP contribution in [0.5, 0.6) is 0 Å². The number of benzene rings is 2. The Morgan fingerprint density at radius 2 is 1.84 bits per heavy atom. The Balaban J connectivity index is 1.67. The molecule has 0 saturated carbocycles. The number of rotatable bonds is 6. The Kier molecular flexibility index (Phi) is 5.26. The fourth-order valence-electron chi connectivity index (χ4n) is 2.43. The van der Waals surface area contributed by atoms with Gasteiger partial charge in [0.25, 0.3) is 0 Å². The van der Waals surface area contributed by atoms with E-state index >= 15 is 0 Å². The molecule has 1 aromatic heterocycles. The summed E-state index contributed by atoms with van der Waals surface area (Å²) < 4.78 is 1.64. The second-order valence-corrected chi connectivity index (χ2v) is 5.89. The number of nitrogens with one attached hydrogen (secondary N) is 1. The third kappa shape index (κ3) is 4.33. The molecule has 1 heterocycles. The average molecular weight is 354 g/mol. The first kappa shape index (κ1) is 16.9. The van der Waals surface area contributed by atoms with Crippen molar-refractivity contribution in [1.82, 2.24) is 9.78 Å². The Morgan fingerprint density at radius 3 is 2.56 bits per heavy atom. The predicted octanol–water partition coefficient (Wildman–Crippen LogP) is 4.13. The number of anilines is 1. The molecule has 0 unspecified atom stereocenters. The summed E-state index contributed by atoms with van der Waals surface area (Å²) in [4.78, 5) is 24.3. The number of carbonyl (C=O) groups excluding carboxylic acids is 2. The molecule has 25 heavy (non-hydrogen) atoms. The molecule has 0 aliphatic carbocycles. The molecule has 0 fully saturated rings. The smallest absolute Gasteiger partial charge is 0.224 e. The van der Waals surface area contributed by atoms with Gasteiger partial charge in [-0.15, -0.1) is 0 Å². The first-order chi connectivity index (χ1) is 12.1. The molecule has 2 aromatic carbocycles. The van der Waals surface area contributed by atoms with Gasteiger partial charge in [-0.3, -0.25) is 9.59 Å². The van der Waals surface area contributed by atoms with Crippen LogP contribution in [0.25, 0.3) is 5.69 Å². The van der Waals surface area contributed by atoms with Crippen LogP contribution in [0, 0.1) is 0 Å². The summed E-state index contributed by atoms with van der Waals surface area (Å²) in [5, 5.41) is 7.48. The van der Waals surface area contributed by atoms with Crippen molar-refractivity contribution >= 4 is 29.0 Å². The molecular formula is C19H16ClN3O2. The second kappa shape index (κ2) is 7.77. The lowest BCUT2D eigenvalue weighted by atomic mass is 10.1. The minimum Gasteiger partial charge on any atom is -0.324 e. The van der Waals surface area contributed by atoms with E-state index in [0.29, 0.717) is 22.0 Å². The van der Waals surface area contributed by atoms with Crippen LogP contribution in [0.1, 0.15) is 23.2 Å². The highest BCUT2D eigenvalue weighted by Crippen LogP contribution is 2.24. The first-order valence-corrected chi connectivity index (χ1v) is 8.19. The van der Waals surface area contributed by atoms with Crippen LogP contribution < -0.4 is 5.32 Å². The van der Waals surface area contributed by atoms with Gasteiger partial charge in [0.15, 0.2) is 5.78 Å². The van der Waals surface area contributed by atoms with E-state index in [1.54, 1.807) is 65.6 Å². The fourth-order valence-corrected chi connectivity index (χ4v) is 2.60. The Hall–Kier alpha value is -2.92. The quantitative estimate of drug-likeness (QED) is 0.678. The van der Waals surface area contributed by atoms with Crippen LogP contribution in [0.4, 0.5) is 5.69 Å². The fraction of sp³-hybridized carbons (Fsp3) is 0.105. The van der Waals surface area contributed by atoms with Gasteiger partial charge in [-0.25, -0.2) is 4.68 Å². The Labute approximate surface area is 150 Å². The van der Waals surface area contributed by atoms with Gasteiger partial charge in [0.05, 0.1) is 11.4 Å². The maximum Gasteiger partial charge on any atom is 0.224 e. The zero-order chi connectivity index (χ0) is 17.6. The van der Waals surface area contributed by atoms with Crippen molar-refractivity contribution < 1.29 is 9.59 Å². The van der Waals surface area contributed by atoms with Crippen molar-refractivity contribution in [2.75, 3.05) is 5.32 Å². The molecule has 5 nitrogen and oxygen atoms in total. The lowest BCUT2D eigenvalue weighted by molar-refractivity contribution is -0.116. The van der Waals surface area contributed by atoms with Crippen LogP contribution >= 0.6 is 11.6 Å². The van der Waals surface area contributed by atoms with Crippen molar-refractivity contribution in [3.05, 3.63) is 77.6 Å². The molecular weight excluding hydrogens is 338 g/mol. The van der Waals surface area contributed by atoms with Crippen LogP contribution in [0.15, 0.2) is 67.0 Å². The largest absolute Gasteiger partial charge is 0.324 e. The Morgan fingerprint density at radius 1 is 1.04 bits per heavy atom. The molecule has 1 amide bonds. The van der Waals surface area contributed by atoms with Crippen molar-refractivity contribution in [2.24, 2.45) is 0 Å². The lowest BCUT2D eigenvalue weighted by Gasteiger charge is -2.11. The number of nitrogens with zero attached hydrogens (tertiary/aromatic N) is 2. The number of aromatic nitrogens is 2. The second-order valence-electron chi connectivity index (χ2n) is 5.45. The standard InChI is InChI=1S/C19H16ClN3O2/c20-15-7-8-17(23-12-4-11-21-23)16(13-15)22-19(25)10-9-18(24)14-5-2-1-3-6-14/h1-8,11-13H,9-10H2,(H,22,25). The summed E-state index contributed by atoms with van der Waals surface area (Å²) >= 11 is 6.03. The number of hydrogen-bond acceptors (Lipinski definition) is 3. The van der Waals surface area contributed by atoms with E-state index < -0.39 is 0 Å². The third-order valence-electron chi connectivity index (χ3n) is 3.66.